The van der Waals surface area contributed by atoms with Crippen LogP contribution in [0.3, 0.4) is 0 Å². The molecule has 0 aromatic heterocycles. The van der Waals surface area contributed by atoms with Gasteiger partial charge in [-0.3, -0.25) is 4.79 Å². The number of benzene rings is 2. The number of hydrogen-bond donors (Lipinski definition) is 1. The number of carbonyl (C=O) groups is 2. The van der Waals surface area contributed by atoms with Gasteiger partial charge in [0.15, 0.2) is 6.10 Å². The van der Waals surface area contributed by atoms with Gasteiger partial charge in [0, 0.05) is 18.8 Å². The fraction of sp³-hybridized carbons (Fsp3) is 0.300. The van der Waals surface area contributed by atoms with E-state index in [4.69, 9.17) is 4.74 Å². The zero-order chi connectivity index (χ0) is 20.1. The van der Waals surface area contributed by atoms with Crippen molar-refractivity contribution in [1.82, 2.24) is 4.31 Å². The molecule has 1 heterocycles. The molecule has 0 unspecified atom stereocenters. The summed E-state index contributed by atoms with van der Waals surface area (Å²) in [6, 6.07) is 14.4. The zero-order valence-electron chi connectivity index (χ0n) is 15.5. The third kappa shape index (κ3) is 4.58. The van der Waals surface area contributed by atoms with Crippen LogP contribution in [0.4, 0.5) is 5.69 Å². The maximum absolute atomic E-state index is 12.5. The largest absolute Gasteiger partial charge is 0.449 e. The molecule has 2 aromatic carbocycles. The summed E-state index contributed by atoms with van der Waals surface area (Å²) in [6.45, 7) is 2.54. The summed E-state index contributed by atoms with van der Waals surface area (Å²) >= 11 is 0. The van der Waals surface area contributed by atoms with Crippen molar-refractivity contribution in [2.45, 2.75) is 30.8 Å². The number of ether oxygens (including phenoxy) is 1. The first kappa shape index (κ1) is 20.0. The van der Waals surface area contributed by atoms with Crippen LogP contribution in [0.15, 0.2) is 59.5 Å². The average molecular weight is 402 g/mol. The van der Waals surface area contributed by atoms with E-state index in [1.165, 1.54) is 35.5 Å². The van der Waals surface area contributed by atoms with Crippen molar-refractivity contribution in [3.05, 3.63) is 60.2 Å². The lowest BCUT2D eigenvalue weighted by Gasteiger charge is -2.16. The van der Waals surface area contributed by atoms with E-state index >= 15 is 0 Å². The van der Waals surface area contributed by atoms with Gasteiger partial charge in [-0.25, -0.2) is 13.2 Å². The second-order valence-electron chi connectivity index (χ2n) is 6.54. The van der Waals surface area contributed by atoms with Crippen molar-refractivity contribution in [3.8, 4) is 0 Å². The minimum absolute atomic E-state index is 0.191. The quantitative estimate of drug-likeness (QED) is 0.750. The molecule has 1 atom stereocenters. The normalized spacial score (nSPS) is 15.8. The van der Waals surface area contributed by atoms with Crippen LogP contribution >= 0.6 is 0 Å². The van der Waals surface area contributed by atoms with Gasteiger partial charge in [-0.2, -0.15) is 4.31 Å². The van der Waals surface area contributed by atoms with Gasteiger partial charge in [0.25, 0.3) is 5.91 Å². The molecule has 8 heteroatoms. The predicted molar refractivity (Wildman–Crippen MR) is 104 cm³/mol. The molecular weight excluding hydrogens is 380 g/mol. The smallest absolute Gasteiger partial charge is 0.338 e. The molecule has 1 fully saturated rings. The number of esters is 1. The zero-order valence-corrected chi connectivity index (χ0v) is 16.3. The Bertz CT molecular complexity index is 936. The third-order valence-electron chi connectivity index (χ3n) is 4.49. The lowest BCUT2D eigenvalue weighted by atomic mass is 10.2. The highest BCUT2D eigenvalue weighted by molar-refractivity contribution is 7.89. The molecule has 0 spiro atoms. The topological polar surface area (TPSA) is 92.8 Å². The van der Waals surface area contributed by atoms with Crippen molar-refractivity contribution in [1.29, 1.82) is 0 Å². The molecule has 7 nitrogen and oxygen atoms in total. The lowest BCUT2D eigenvalue weighted by Crippen LogP contribution is -2.30. The minimum atomic E-state index is -3.50. The van der Waals surface area contributed by atoms with Crippen LogP contribution in [0.25, 0.3) is 0 Å². The van der Waals surface area contributed by atoms with E-state index in [0.717, 1.165) is 12.8 Å². The number of anilines is 1. The first-order chi connectivity index (χ1) is 13.4. The summed E-state index contributed by atoms with van der Waals surface area (Å²) in [6.07, 6.45) is 0.737. The Morgan fingerprint density at radius 1 is 1.00 bits per heavy atom. The number of nitrogens with zero attached hydrogens (tertiary/aromatic N) is 1. The van der Waals surface area contributed by atoms with E-state index < -0.39 is 28.0 Å². The van der Waals surface area contributed by atoms with Crippen molar-refractivity contribution in [2.24, 2.45) is 0 Å². The van der Waals surface area contributed by atoms with Crippen LogP contribution < -0.4 is 5.32 Å². The van der Waals surface area contributed by atoms with Gasteiger partial charge in [-0.1, -0.05) is 18.2 Å². The molecule has 3 rings (SSSR count). The number of sulfonamides is 1. The fourth-order valence-corrected chi connectivity index (χ4v) is 4.41. The molecule has 1 N–H and O–H groups in total. The van der Waals surface area contributed by atoms with Gasteiger partial charge in [0.05, 0.1) is 10.5 Å². The molecule has 0 bridgehead atoms. The third-order valence-corrected chi connectivity index (χ3v) is 6.40. The molecule has 2 aromatic rings. The molecule has 1 saturated heterocycles. The van der Waals surface area contributed by atoms with Crippen molar-refractivity contribution in [3.63, 3.8) is 0 Å². The van der Waals surface area contributed by atoms with Crippen LogP contribution in [-0.2, 0) is 19.6 Å². The summed E-state index contributed by atoms with van der Waals surface area (Å²) in [5.41, 5.74) is 0.784. The van der Waals surface area contributed by atoms with E-state index in [2.05, 4.69) is 5.32 Å². The molecule has 1 aliphatic rings. The van der Waals surface area contributed by atoms with E-state index in [0.29, 0.717) is 24.3 Å². The molecular formula is C20H22N2O5S. The summed E-state index contributed by atoms with van der Waals surface area (Å²) in [5.74, 6) is -1.09. The Morgan fingerprint density at radius 3 is 2.21 bits per heavy atom. The predicted octanol–water partition coefficient (Wildman–Crippen LogP) is 2.66. The molecule has 0 saturated carbocycles. The minimum Gasteiger partial charge on any atom is -0.449 e. The van der Waals surface area contributed by atoms with E-state index in [9.17, 15) is 18.0 Å². The summed E-state index contributed by atoms with van der Waals surface area (Å²) in [4.78, 5) is 24.5. The second kappa shape index (κ2) is 8.53. The van der Waals surface area contributed by atoms with Crippen LogP contribution in [0.1, 0.15) is 30.1 Å². The first-order valence-electron chi connectivity index (χ1n) is 9.05. The van der Waals surface area contributed by atoms with E-state index in [1.807, 2.05) is 0 Å². The second-order valence-corrected chi connectivity index (χ2v) is 8.48. The highest BCUT2D eigenvalue weighted by atomic mass is 32.2. The summed E-state index contributed by atoms with van der Waals surface area (Å²) in [7, 11) is -3.50. The van der Waals surface area contributed by atoms with Gasteiger partial charge < -0.3 is 10.1 Å². The van der Waals surface area contributed by atoms with Crippen LogP contribution in [-0.4, -0.2) is 43.8 Å². The van der Waals surface area contributed by atoms with Crippen LogP contribution in [0.2, 0.25) is 0 Å². The number of carbonyl (C=O) groups excluding carboxylic acids is 2. The maximum Gasteiger partial charge on any atom is 0.338 e. The molecule has 1 aliphatic heterocycles. The Hall–Kier alpha value is -2.71. The highest BCUT2D eigenvalue weighted by Crippen LogP contribution is 2.22. The first-order valence-corrected chi connectivity index (χ1v) is 10.5. The van der Waals surface area contributed by atoms with Gasteiger partial charge in [-0.05, 0) is 56.2 Å². The van der Waals surface area contributed by atoms with Gasteiger partial charge >= 0.3 is 5.97 Å². The van der Waals surface area contributed by atoms with Crippen molar-refractivity contribution >= 4 is 27.6 Å². The van der Waals surface area contributed by atoms with E-state index in [1.54, 1.807) is 30.3 Å². The van der Waals surface area contributed by atoms with Crippen molar-refractivity contribution in [2.75, 3.05) is 18.4 Å². The number of amides is 1. The van der Waals surface area contributed by atoms with Crippen LogP contribution in [0.5, 0.6) is 0 Å². The Balaban J connectivity index is 1.60. The number of nitrogens with one attached hydrogen (secondary N) is 1. The Labute approximate surface area is 164 Å². The molecule has 148 valence electrons. The maximum atomic E-state index is 12.5. The highest BCUT2D eigenvalue weighted by Gasteiger charge is 2.27. The molecule has 28 heavy (non-hydrogen) atoms. The van der Waals surface area contributed by atoms with Gasteiger partial charge in [0.2, 0.25) is 10.0 Å². The average Bonchev–Trinajstić information content (AvgIpc) is 3.25. The Kier molecular flexibility index (Phi) is 6.11. The molecule has 1 amide bonds. The fourth-order valence-electron chi connectivity index (χ4n) is 2.89. The van der Waals surface area contributed by atoms with Gasteiger partial charge in [0.1, 0.15) is 0 Å². The van der Waals surface area contributed by atoms with Gasteiger partial charge in [-0.15, -0.1) is 0 Å². The number of rotatable bonds is 6. The number of hydrogen-bond acceptors (Lipinski definition) is 5. The Morgan fingerprint density at radius 2 is 1.61 bits per heavy atom. The summed E-state index contributed by atoms with van der Waals surface area (Å²) < 4.78 is 31.7. The lowest BCUT2D eigenvalue weighted by molar-refractivity contribution is -0.123. The summed E-state index contributed by atoms with van der Waals surface area (Å²) in [5, 5.41) is 2.62. The molecule has 0 radical (unpaired) electrons. The molecule has 0 aliphatic carbocycles. The van der Waals surface area contributed by atoms with Crippen molar-refractivity contribution < 1.29 is 22.7 Å². The van der Waals surface area contributed by atoms with Crippen LogP contribution in [0, 0.1) is 0 Å². The SMILES string of the molecule is C[C@H](OC(=O)c1ccccc1)C(=O)Nc1ccc(S(=O)(=O)N2CCCC2)cc1. The monoisotopic (exact) mass is 402 g/mol. The van der Waals surface area contributed by atoms with E-state index in [-0.39, 0.29) is 4.90 Å². The standard InChI is InChI=1S/C20H22N2O5S/c1-15(27-20(24)16-7-3-2-4-8-16)19(23)21-17-9-11-18(12-10-17)28(25,26)22-13-5-6-14-22/h2-4,7-12,15H,5-6,13-14H2,1H3,(H,21,23)/t15-/m0/s1.